The van der Waals surface area contributed by atoms with Crippen LogP contribution in [-0.2, 0) is 4.79 Å². The molecule has 0 bridgehead atoms. The Labute approximate surface area is 236 Å². The summed E-state index contributed by atoms with van der Waals surface area (Å²) in [5, 5.41) is 6.35. The zero-order valence-corrected chi connectivity index (χ0v) is 24.7. The van der Waals surface area contributed by atoms with Gasteiger partial charge in [0.05, 0.1) is 40.9 Å². The van der Waals surface area contributed by atoms with Crippen molar-refractivity contribution in [3.05, 3.63) is 48.4 Å². The molecule has 0 radical (unpaired) electrons. The molecule has 0 unspecified atom stereocenters. The summed E-state index contributed by atoms with van der Waals surface area (Å²) in [7, 11) is 7.70. The number of hydrogen-bond acceptors (Lipinski definition) is 8. The van der Waals surface area contributed by atoms with Gasteiger partial charge in [0, 0.05) is 50.4 Å². The highest BCUT2D eigenvalue weighted by atomic mass is 16.5. The second-order valence-electron chi connectivity index (χ2n) is 10.4. The number of carbonyl (C=O) groups is 1. The smallest absolute Gasteiger partial charge is 0.227 e. The van der Waals surface area contributed by atoms with Crippen molar-refractivity contribution in [3.63, 3.8) is 0 Å². The highest BCUT2D eigenvalue weighted by molar-refractivity contribution is 5.96. The van der Waals surface area contributed by atoms with E-state index in [1.165, 1.54) is 0 Å². The molecule has 4 aromatic rings. The molecule has 0 fully saturated rings. The molecule has 2 N–H and O–H groups in total. The van der Waals surface area contributed by atoms with Gasteiger partial charge in [-0.1, -0.05) is 13.0 Å². The average Bonchev–Trinajstić information content (AvgIpc) is 3.27. The van der Waals surface area contributed by atoms with Gasteiger partial charge in [-0.2, -0.15) is 0 Å². The minimum Gasteiger partial charge on any atom is -0.494 e. The summed E-state index contributed by atoms with van der Waals surface area (Å²) in [6.07, 6.45) is 2.11. The molecule has 2 heterocycles. The Morgan fingerprint density at radius 3 is 2.50 bits per heavy atom. The Bertz CT molecular complexity index is 1490. The van der Waals surface area contributed by atoms with Crippen LogP contribution in [0.1, 0.15) is 39.1 Å². The molecule has 0 aliphatic rings. The maximum Gasteiger partial charge on any atom is 0.227 e. The van der Waals surface area contributed by atoms with Crippen LogP contribution in [0.4, 0.5) is 23.0 Å². The number of rotatable bonds is 11. The summed E-state index contributed by atoms with van der Waals surface area (Å²) in [5.74, 6) is 1.96. The number of aromatic nitrogens is 4. The van der Waals surface area contributed by atoms with Crippen molar-refractivity contribution >= 4 is 40.0 Å². The fourth-order valence-corrected chi connectivity index (χ4v) is 4.69. The van der Waals surface area contributed by atoms with E-state index in [0.717, 1.165) is 46.9 Å². The summed E-state index contributed by atoms with van der Waals surface area (Å²) in [4.78, 5) is 30.6. The number of fused-ring (bicyclic) bond motifs is 1. The van der Waals surface area contributed by atoms with Gasteiger partial charge >= 0.3 is 0 Å². The first-order valence-corrected chi connectivity index (χ1v) is 13.6. The van der Waals surface area contributed by atoms with E-state index in [-0.39, 0.29) is 5.91 Å². The molecule has 0 aliphatic carbocycles. The molecule has 4 rings (SSSR count). The van der Waals surface area contributed by atoms with Crippen LogP contribution in [0.2, 0.25) is 0 Å². The molecule has 10 heteroatoms. The predicted octanol–water partition coefficient (Wildman–Crippen LogP) is 5.48. The van der Waals surface area contributed by atoms with E-state index in [4.69, 9.17) is 14.7 Å². The number of nitrogens with zero attached hydrogens (tertiary/aromatic N) is 6. The van der Waals surface area contributed by atoms with Crippen LogP contribution in [0.3, 0.4) is 0 Å². The molecule has 10 nitrogen and oxygen atoms in total. The van der Waals surface area contributed by atoms with Gasteiger partial charge in [-0.3, -0.25) is 4.79 Å². The van der Waals surface area contributed by atoms with Crippen molar-refractivity contribution in [2.24, 2.45) is 0 Å². The summed E-state index contributed by atoms with van der Waals surface area (Å²) in [6.45, 7) is 9.82. The van der Waals surface area contributed by atoms with Crippen LogP contribution in [-0.4, -0.2) is 71.7 Å². The van der Waals surface area contributed by atoms with E-state index in [1.807, 2.05) is 65.3 Å². The van der Waals surface area contributed by atoms with Crippen LogP contribution in [0.15, 0.2) is 42.6 Å². The highest BCUT2D eigenvalue weighted by Crippen LogP contribution is 2.38. The fourth-order valence-electron chi connectivity index (χ4n) is 4.69. The molecule has 0 saturated carbocycles. The lowest BCUT2D eigenvalue weighted by atomic mass is 10.1. The lowest BCUT2D eigenvalue weighted by Crippen LogP contribution is -2.29. The average molecular weight is 545 g/mol. The first kappa shape index (κ1) is 28.8. The summed E-state index contributed by atoms with van der Waals surface area (Å²) in [6, 6.07) is 12.2. The number of aryl methyl sites for hydroxylation is 1. The number of carbonyl (C=O) groups excluding carboxylic acids is 1. The van der Waals surface area contributed by atoms with Crippen molar-refractivity contribution in [2.45, 2.75) is 40.2 Å². The third-order valence-corrected chi connectivity index (χ3v) is 6.79. The van der Waals surface area contributed by atoms with E-state index < -0.39 is 0 Å². The van der Waals surface area contributed by atoms with E-state index in [0.29, 0.717) is 35.5 Å². The number of benzene rings is 2. The molecule has 2 aromatic carbocycles. The number of likely N-dealkylation sites (N-methyl/N-ethyl adjacent to an activating group) is 2. The molecule has 0 saturated heterocycles. The minimum absolute atomic E-state index is 0.0668. The number of amides is 1. The Morgan fingerprint density at radius 2 is 1.82 bits per heavy atom. The van der Waals surface area contributed by atoms with Crippen molar-refractivity contribution in [3.8, 4) is 17.0 Å². The zero-order chi connectivity index (χ0) is 29.0. The normalized spacial score (nSPS) is 11.3. The number of methoxy groups -OCH3 is 1. The van der Waals surface area contributed by atoms with Crippen LogP contribution < -0.4 is 20.3 Å². The summed E-state index contributed by atoms with van der Waals surface area (Å²) >= 11 is 0. The van der Waals surface area contributed by atoms with Gasteiger partial charge in [-0.25, -0.2) is 15.0 Å². The van der Waals surface area contributed by atoms with Gasteiger partial charge in [0.2, 0.25) is 11.9 Å². The topological polar surface area (TPSA) is 100 Å². The number of nitrogens with one attached hydrogen (secondary N) is 2. The molecule has 212 valence electrons. The third-order valence-electron chi connectivity index (χ3n) is 6.79. The van der Waals surface area contributed by atoms with Gasteiger partial charge in [-0.15, -0.1) is 0 Å². The molecule has 0 spiro atoms. The number of hydrogen-bond donors (Lipinski definition) is 2. The Kier molecular flexibility index (Phi) is 8.89. The maximum atomic E-state index is 12.4. The van der Waals surface area contributed by atoms with Crippen molar-refractivity contribution in [1.82, 2.24) is 24.4 Å². The van der Waals surface area contributed by atoms with Crippen LogP contribution >= 0.6 is 0 Å². The standard InChI is InChI=1S/C30H40N8O2/c1-9-29(39)33-24-17-25(28(40-8)18-26(24)37(7)15-14-36(5)6)35-30-31-13-12-22(34-30)21-10-11-23-27(16-21)38(19(2)3)20(4)32-23/h10-13,16-19H,9,14-15H2,1-8H3,(H,33,39)(H,31,34,35). The van der Waals surface area contributed by atoms with E-state index in [1.54, 1.807) is 13.3 Å². The molecule has 40 heavy (non-hydrogen) atoms. The lowest BCUT2D eigenvalue weighted by Gasteiger charge is -2.26. The first-order chi connectivity index (χ1) is 19.1. The van der Waals surface area contributed by atoms with Gasteiger partial charge in [0.15, 0.2) is 0 Å². The lowest BCUT2D eigenvalue weighted by molar-refractivity contribution is -0.115. The van der Waals surface area contributed by atoms with Crippen LogP contribution in [0.5, 0.6) is 5.75 Å². The van der Waals surface area contributed by atoms with E-state index in [9.17, 15) is 4.79 Å². The third kappa shape index (κ3) is 6.34. The fraction of sp³-hybridized carbons (Fsp3) is 0.400. The Hall–Kier alpha value is -4.18. The molecular formula is C30H40N8O2. The Morgan fingerprint density at radius 1 is 1.05 bits per heavy atom. The van der Waals surface area contributed by atoms with E-state index >= 15 is 0 Å². The summed E-state index contributed by atoms with van der Waals surface area (Å²) < 4.78 is 7.97. The first-order valence-electron chi connectivity index (χ1n) is 13.6. The number of ether oxygens (including phenoxy) is 1. The van der Waals surface area contributed by atoms with E-state index in [2.05, 4.69) is 49.9 Å². The minimum atomic E-state index is -0.0668. The second kappa shape index (κ2) is 12.3. The van der Waals surface area contributed by atoms with Crippen molar-refractivity contribution < 1.29 is 9.53 Å². The largest absolute Gasteiger partial charge is 0.494 e. The van der Waals surface area contributed by atoms with Gasteiger partial charge in [-0.05, 0) is 59.1 Å². The van der Waals surface area contributed by atoms with Crippen molar-refractivity contribution in [2.75, 3.05) is 56.9 Å². The second-order valence-corrected chi connectivity index (χ2v) is 10.4. The maximum absolute atomic E-state index is 12.4. The predicted molar refractivity (Wildman–Crippen MR) is 163 cm³/mol. The highest BCUT2D eigenvalue weighted by Gasteiger charge is 2.17. The molecule has 0 atom stereocenters. The zero-order valence-electron chi connectivity index (χ0n) is 24.7. The molecule has 1 amide bonds. The quantitative estimate of drug-likeness (QED) is 0.256. The van der Waals surface area contributed by atoms with Crippen LogP contribution in [0.25, 0.3) is 22.3 Å². The molecular weight excluding hydrogens is 504 g/mol. The molecule has 0 aliphatic heterocycles. The monoisotopic (exact) mass is 544 g/mol. The SMILES string of the molecule is CCC(=O)Nc1cc(Nc2nccc(-c3ccc4nc(C)n(C(C)C)c4c3)n2)c(OC)cc1N(C)CCN(C)C. The molecule has 2 aromatic heterocycles. The number of imidazole rings is 1. The van der Waals surface area contributed by atoms with Crippen molar-refractivity contribution in [1.29, 1.82) is 0 Å². The Balaban J connectivity index is 1.69. The van der Waals surface area contributed by atoms with Gasteiger partial charge in [0.1, 0.15) is 11.6 Å². The van der Waals surface area contributed by atoms with Gasteiger partial charge < -0.3 is 29.7 Å². The van der Waals surface area contributed by atoms with Crippen LogP contribution in [0, 0.1) is 6.92 Å². The van der Waals surface area contributed by atoms with Gasteiger partial charge in [0.25, 0.3) is 0 Å². The summed E-state index contributed by atoms with van der Waals surface area (Å²) in [5.41, 5.74) is 6.00. The number of anilines is 4.